The minimum Gasteiger partial charge on any atom is -0.493 e. The maximum absolute atomic E-state index is 13.1. The Hall–Kier alpha value is -1.87. The smallest absolute Gasteiger partial charge is 0.130 e. The summed E-state index contributed by atoms with van der Waals surface area (Å²) in [6, 6.07) is 13.0. The van der Waals surface area contributed by atoms with Crippen molar-refractivity contribution in [1.82, 2.24) is 5.32 Å². The summed E-state index contributed by atoms with van der Waals surface area (Å²) in [7, 11) is 0. The number of fused-ring (bicyclic) bond motifs is 3. The molecule has 108 valence electrons. The normalized spacial score (nSPS) is 23.9. The highest BCUT2D eigenvalue weighted by atomic mass is 19.1. The minimum absolute atomic E-state index is 0.207. The average molecular weight is 283 g/mol. The predicted octanol–water partition coefficient (Wildman–Crippen LogP) is 3.58. The van der Waals surface area contributed by atoms with Crippen LogP contribution in [0.4, 0.5) is 4.39 Å². The monoisotopic (exact) mass is 283 g/mol. The molecule has 2 heterocycles. The van der Waals surface area contributed by atoms with Gasteiger partial charge in [0, 0.05) is 18.0 Å². The van der Waals surface area contributed by atoms with Gasteiger partial charge in [0.2, 0.25) is 0 Å². The Bertz CT molecular complexity index is 653. The third-order valence-corrected chi connectivity index (χ3v) is 4.68. The van der Waals surface area contributed by atoms with E-state index in [-0.39, 0.29) is 5.82 Å². The molecule has 0 amide bonds. The summed E-state index contributed by atoms with van der Waals surface area (Å²) < 4.78 is 19.2. The molecule has 1 fully saturated rings. The predicted molar refractivity (Wildman–Crippen MR) is 81.0 cm³/mol. The quantitative estimate of drug-likeness (QED) is 0.863. The molecule has 0 radical (unpaired) electrons. The number of hydrogen-bond acceptors (Lipinski definition) is 2. The molecule has 4 rings (SSSR count). The number of halogens is 1. The zero-order valence-corrected chi connectivity index (χ0v) is 11.8. The summed E-state index contributed by atoms with van der Waals surface area (Å²) in [6.45, 7) is 2.86. The fourth-order valence-corrected chi connectivity index (χ4v) is 3.58. The van der Waals surface area contributed by atoms with Gasteiger partial charge in [-0.15, -0.1) is 0 Å². The third kappa shape index (κ3) is 2.22. The van der Waals surface area contributed by atoms with E-state index in [1.807, 2.05) is 12.1 Å². The molecule has 0 bridgehead atoms. The van der Waals surface area contributed by atoms with Gasteiger partial charge in [-0.2, -0.15) is 0 Å². The van der Waals surface area contributed by atoms with Gasteiger partial charge in [-0.3, -0.25) is 0 Å². The van der Waals surface area contributed by atoms with Gasteiger partial charge in [-0.05, 0) is 42.1 Å². The van der Waals surface area contributed by atoms with Crippen molar-refractivity contribution in [2.45, 2.75) is 12.3 Å². The lowest BCUT2D eigenvalue weighted by molar-refractivity contribution is 0.297. The van der Waals surface area contributed by atoms with Crippen LogP contribution in [0.25, 0.3) is 11.1 Å². The number of rotatable bonds is 1. The van der Waals surface area contributed by atoms with E-state index in [1.54, 1.807) is 0 Å². The average Bonchev–Trinajstić information content (AvgIpc) is 2.90. The third-order valence-electron chi connectivity index (χ3n) is 4.68. The largest absolute Gasteiger partial charge is 0.493 e. The number of ether oxygens (including phenoxy) is 1. The number of hydrogen-bond donors (Lipinski definition) is 1. The summed E-state index contributed by atoms with van der Waals surface area (Å²) in [5.41, 5.74) is 3.38. The lowest BCUT2D eigenvalue weighted by Gasteiger charge is -2.18. The van der Waals surface area contributed by atoms with Crippen molar-refractivity contribution in [2.24, 2.45) is 5.92 Å². The molecule has 0 saturated carbocycles. The Morgan fingerprint density at radius 2 is 1.90 bits per heavy atom. The molecule has 2 aromatic rings. The van der Waals surface area contributed by atoms with Gasteiger partial charge < -0.3 is 10.1 Å². The van der Waals surface area contributed by atoms with E-state index in [2.05, 4.69) is 23.5 Å². The van der Waals surface area contributed by atoms with Crippen LogP contribution in [0.3, 0.4) is 0 Å². The molecular formula is C18H18FNO. The second-order valence-electron chi connectivity index (χ2n) is 5.89. The second kappa shape index (κ2) is 5.15. The Balaban J connectivity index is 1.83. The first kappa shape index (κ1) is 12.8. The first-order valence-electron chi connectivity index (χ1n) is 7.55. The van der Waals surface area contributed by atoms with Crippen molar-refractivity contribution in [3.8, 4) is 16.9 Å². The summed E-state index contributed by atoms with van der Waals surface area (Å²) in [5, 5.41) is 3.49. The van der Waals surface area contributed by atoms with Crippen LogP contribution in [-0.2, 0) is 0 Å². The first-order chi connectivity index (χ1) is 10.3. The summed E-state index contributed by atoms with van der Waals surface area (Å²) in [4.78, 5) is 0. The topological polar surface area (TPSA) is 21.3 Å². The van der Waals surface area contributed by atoms with Crippen molar-refractivity contribution in [3.05, 3.63) is 53.8 Å². The van der Waals surface area contributed by atoms with E-state index >= 15 is 0 Å². The van der Waals surface area contributed by atoms with Crippen molar-refractivity contribution in [3.63, 3.8) is 0 Å². The van der Waals surface area contributed by atoms with Crippen LogP contribution in [0.15, 0.2) is 42.5 Å². The van der Waals surface area contributed by atoms with Gasteiger partial charge in [0.1, 0.15) is 11.6 Å². The lowest BCUT2D eigenvalue weighted by Crippen LogP contribution is -2.11. The highest BCUT2D eigenvalue weighted by Gasteiger charge is 2.33. The van der Waals surface area contributed by atoms with E-state index < -0.39 is 0 Å². The van der Waals surface area contributed by atoms with Crippen LogP contribution < -0.4 is 10.1 Å². The molecule has 1 N–H and O–H groups in total. The number of benzene rings is 2. The molecule has 2 aliphatic heterocycles. The van der Waals surface area contributed by atoms with Crippen molar-refractivity contribution in [1.29, 1.82) is 0 Å². The molecule has 2 nitrogen and oxygen atoms in total. The molecular weight excluding hydrogens is 265 g/mol. The van der Waals surface area contributed by atoms with Gasteiger partial charge in [-0.1, -0.05) is 30.3 Å². The molecule has 3 heteroatoms. The van der Waals surface area contributed by atoms with Crippen LogP contribution in [0.5, 0.6) is 5.75 Å². The van der Waals surface area contributed by atoms with E-state index in [0.29, 0.717) is 11.8 Å². The van der Waals surface area contributed by atoms with Gasteiger partial charge in [-0.25, -0.2) is 4.39 Å². The van der Waals surface area contributed by atoms with Gasteiger partial charge in [0.05, 0.1) is 6.61 Å². The molecule has 2 aliphatic rings. The van der Waals surface area contributed by atoms with E-state index in [4.69, 9.17) is 4.74 Å². The Morgan fingerprint density at radius 1 is 1.05 bits per heavy atom. The van der Waals surface area contributed by atoms with Crippen LogP contribution in [-0.4, -0.2) is 19.7 Å². The molecule has 1 saturated heterocycles. The summed E-state index contributed by atoms with van der Waals surface area (Å²) in [5.74, 6) is 1.97. The fourth-order valence-electron chi connectivity index (χ4n) is 3.58. The Kier molecular flexibility index (Phi) is 3.15. The first-order valence-corrected chi connectivity index (χ1v) is 7.55. The van der Waals surface area contributed by atoms with Crippen LogP contribution in [0.2, 0.25) is 0 Å². The van der Waals surface area contributed by atoms with Crippen LogP contribution >= 0.6 is 0 Å². The van der Waals surface area contributed by atoms with Crippen molar-refractivity contribution < 1.29 is 9.13 Å². The Morgan fingerprint density at radius 3 is 2.76 bits per heavy atom. The summed E-state index contributed by atoms with van der Waals surface area (Å²) in [6.07, 6.45) is 1.09. The fraction of sp³-hybridized carbons (Fsp3) is 0.333. The number of para-hydroxylation sites is 1. The van der Waals surface area contributed by atoms with Crippen LogP contribution in [0.1, 0.15) is 17.9 Å². The highest BCUT2D eigenvalue weighted by molar-refractivity contribution is 5.72. The van der Waals surface area contributed by atoms with Crippen molar-refractivity contribution in [2.75, 3.05) is 19.7 Å². The van der Waals surface area contributed by atoms with E-state index in [9.17, 15) is 4.39 Å². The Labute approximate surface area is 123 Å². The maximum atomic E-state index is 13.1. The number of nitrogens with one attached hydrogen (secondary N) is 1. The molecule has 2 atom stereocenters. The highest BCUT2D eigenvalue weighted by Crippen LogP contribution is 2.43. The van der Waals surface area contributed by atoms with Gasteiger partial charge >= 0.3 is 0 Å². The zero-order chi connectivity index (χ0) is 14.2. The van der Waals surface area contributed by atoms with Gasteiger partial charge in [0.15, 0.2) is 0 Å². The zero-order valence-electron chi connectivity index (χ0n) is 11.8. The molecule has 2 unspecified atom stereocenters. The lowest BCUT2D eigenvalue weighted by atomic mass is 9.86. The maximum Gasteiger partial charge on any atom is 0.130 e. The standard InChI is InChI=1S/C18H18FNO/c19-14-6-4-12(5-7-14)15-2-1-3-16-17-11-20-10-13(17)8-9-21-18(15)16/h1-7,13,17,20H,8-11H2. The molecule has 0 aliphatic carbocycles. The van der Waals surface area contributed by atoms with Crippen molar-refractivity contribution >= 4 is 0 Å². The SMILES string of the molecule is Fc1ccc(-c2cccc3c2OCCC2CNCC32)cc1. The molecule has 0 spiro atoms. The molecule has 2 aromatic carbocycles. The van der Waals surface area contributed by atoms with Gasteiger partial charge in [0.25, 0.3) is 0 Å². The molecule has 0 aromatic heterocycles. The second-order valence-corrected chi connectivity index (χ2v) is 5.89. The van der Waals surface area contributed by atoms with E-state index in [0.717, 1.165) is 43.0 Å². The van der Waals surface area contributed by atoms with Crippen LogP contribution in [0, 0.1) is 11.7 Å². The minimum atomic E-state index is -0.207. The van der Waals surface area contributed by atoms with E-state index in [1.165, 1.54) is 17.7 Å². The molecule has 21 heavy (non-hydrogen) atoms. The summed E-state index contributed by atoms with van der Waals surface area (Å²) >= 11 is 0.